The molecule has 1 heterocycles. The summed E-state index contributed by atoms with van der Waals surface area (Å²) < 4.78 is 2.05. The van der Waals surface area contributed by atoms with Gasteiger partial charge in [0.2, 0.25) is 0 Å². The maximum Gasteiger partial charge on any atom is 0.0992 e. The van der Waals surface area contributed by atoms with E-state index >= 15 is 0 Å². The summed E-state index contributed by atoms with van der Waals surface area (Å²) in [5.74, 6) is 0. The summed E-state index contributed by atoms with van der Waals surface area (Å²) >= 11 is 0. The van der Waals surface area contributed by atoms with Gasteiger partial charge in [0.1, 0.15) is 0 Å². The van der Waals surface area contributed by atoms with E-state index in [1.54, 1.807) is 0 Å². The van der Waals surface area contributed by atoms with Crippen molar-refractivity contribution in [1.82, 2.24) is 9.55 Å². The van der Waals surface area contributed by atoms with Crippen molar-refractivity contribution in [1.29, 1.82) is 0 Å². The molecule has 0 aliphatic rings. The monoisotopic (exact) mass is 257 g/mol. The molecule has 0 fully saturated rings. The first-order valence-corrected chi connectivity index (χ1v) is 7.19. The molecule has 102 valence electrons. The lowest BCUT2D eigenvalue weighted by molar-refractivity contribution is 0.586. The zero-order valence-corrected chi connectivity index (χ0v) is 11.8. The minimum Gasteiger partial charge on any atom is -0.381 e. The van der Waals surface area contributed by atoms with Crippen LogP contribution in [0.1, 0.15) is 39.5 Å². The first kappa shape index (κ1) is 13.7. The van der Waals surface area contributed by atoms with E-state index in [0.717, 1.165) is 5.69 Å². The first-order chi connectivity index (χ1) is 9.35. The molecule has 1 N–H and O–H groups in total. The lowest BCUT2D eigenvalue weighted by atomic mass is 10.1. The van der Waals surface area contributed by atoms with Gasteiger partial charge in [-0.1, -0.05) is 38.8 Å². The van der Waals surface area contributed by atoms with E-state index in [1.165, 1.54) is 31.4 Å². The Morgan fingerprint density at radius 1 is 1.16 bits per heavy atom. The third-order valence-corrected chi connectivity index (χ3v) is 3.32. The molecule has 2 aromatic rings. The number of nitrogens with zero attached hydrogens (tertiary/aromatic N) is 2. The second-order valence-electron chi connectivity index (χ2n) is 4.91. The van der Waals surface area contributed by atoms with E-state index in [4.69, 9.17) is 0 Å². The van der Waals surface area contributed by atoms with Crippen LogP contribution in [0.3, 0.4) is 0 Å². The Kier molecular flexibility index (Phi) is 5.01. The molecule has 1 aromatic heterocycles. The highest BCUT2D eigenvalue weighted by atomic mass is 15.1. The average Bonchev–Trinajstić information content (AvgIpc) is 2.94. The van der Waals surface area contributed by atoms with Crippen LogP contribution in [0, 0.1) is 0 Å². The largest absolute Gasteiger partial charge is 0.381 e. The number of anilines is 1. The van der Waals surface area contributed by atoms with Gasteiger partial charge in [-0.05, 0) is 25.0 Å². The number of imidazole rings is 1. The molecule has 0 aliphatic heterocycles. The Labute approximate surface area is 115 Å². The summed E-state index contributed by atoms with van der Waals surface area (Å²) in [5.41, 5.74) is 2.35. The van der Waals surface area contributed by atoms with Gasteiger partial charge in [-0.25, -0.2) is 4.98 Å². The topological polar surface area (TPSA) is 29.9 Å². The lowest BCUT2D eigenvalue weighted by Crippen LogP contribution is -2.19. The smallest absolute Gasteiger partial charge is 0.0992 e. The minimum absolute atomic E-state index is 0.555. The van der Waals surface area contributed by atoms with Gasteiger partial charge in [0.05, 0.1) is 17.7 Å². The highest BCUT2D eigenvalue weighted by Gasteiger charge is 2.09. The van der Waals surface area contributed by atoms with Crippen molar-refractivity contribution in [3.8, 4) is 5.69 Å². The van der Waals surface area contributed by atoms with Crippen molar-refractivity contribution in [2.24, 2.45) is 0 Å². The number of hydrogen-bond donors (Lipinski definition) is 1. The van der Waals surface area contributed by atoms with E-state index in [1.807, 2.05) is 18.7 Å². The van der Waals surface area contributed by atoms with E-state index in [0.29, 0.717) is 6.04 Å². The fourth-order valence-corrected chi connectivity index (χ4v) is 2.43. The molecule has 2 rings (SSSR count). The summed E-state index contributed by atoms with van der Waals surface area (Å²) in [5, 5.41) is 3.69. The van der Waals surface area contributed by atoms with Crippen LogP contribution in [-0.4, -0.2) is 15.6 Å². The lowest BCUT2D eigenvalue weighted by Gasteiger charge is -2.21. The van der Waals surface area contributed by atoms with Crippen LogP contribution in [0.15, 0.2) is 43.0 Å². The number of para-hydroxylation sites is 2. The van der Waals surface area contributed by atoms with Gasteiger partial charge >= 0.3 is 0 Å². The van der Waals surface area contributed by atoms with Gasteiger partial charge in [-0.2, -0.15) is 0 Å². The molecule has 0 atom stereocenters. The van der Waals surface area contributed by atoms with Crippen LogP contribution in [-0.2, 0) is 0 Å². The van der Waals surface area contributed by atoms with Crippen LogP contribution >= 0.6 is 0 Å². The van der Waals surface area contributed by atoms with E-state index < -0.39 is 0 Å². The molecule has 0 bridgehead atoms. The van der Waals surface area contributed by atoms with Crippen LogP contribution in [0.5, 0.6) is 0 Å². The second kappa shape index (κ2) is 6.98. The SMILES string of the molecule is CCCC(CCC)Nc1ccccc1-n1ccnc1. The normalized spacial score (nSPS) is 10.9. The fourth-order valence-electron chi connectivity index (χ4n) is 2.43. The highest BCUT2D eigenvalue weighted by molar-refractivity contribution is 5.61. The zero-order valence-electron chi connectivity index (χ0n) is 11.8. The number of hydrogen-bond acceptors (Lipinski definition) is 2. The fraction of sp³-hybridized carbons (Fsp3) is 0.438. The van der Waals surface area contributed by atoms with Gasteiger partial charge in [-0.15, -0.1) is 0 Å². The number of aromatic nitrogens is 2. The molecule has 0 aliphatic carbocycles. The van der Waals surface area contributed by atoms with Gasteiger partial charge in [-0.3, -0.25) is 0 Å². The van der Waals surface area contributed by atoms with Crippen molar-refractivity contribution >= 4 is 5.69 Å². The Balaban J connectivity index is 2.19. The predicted octanol–water partition coefficient (Wildman–Crippen LogP) is 4.25. The van der Waals surface area contributed by atoms with E-state index in [2.05, 4.69) is 53.0 Å². The van der Waals surface area contributed by atoms with Crippen LogP contribution in [0.2, 0.25) is 0 Å². The number of nitrogens with one attached hydrogen (secondary N) is 1. The molecule has 3 heteroatoms. The Bertz CT molecular complexity index is 470. The van der Waals surface area contributed by atoms with Crippen LogP contribution in [0.4, 0.5) is 5.69 Å². The molecule has 1 aromatic carbocycles. The van der Waals surface area contributed by atoms with Gasteiger partial charge in [0.25, 0.3) is 0 Å². The van der Waals surface area contributed by atoms with E-state index in [9.17, 15) is 0 Å². The number of rotatable bonds is 7. The van der Waals surface area contributed by atoms with Crippen molar-refractivity contribution in [2.45, 2.75) is 45.6 Å². The molecule has 3 nitrogen and oxygen atoms in total. The van der Waals surface area contributed by atoms with Crippen molar-refractivity contribution < 1.29 is 0 Å². The third-order valence-electron chi connectivity index (χ3n) is 3.32. The van der Waals surface area contributed by atoms with Crippen molar-refractivity contribution in [2.75, 3.05) is 5.32 Å². The molecule has 0 unspecified atom stereocenters. The molecule has 0 spiro atoms. The van der Waals surface area contributed by atoms with Crippen molar-refractivity contribution in [3.05, 3.63) is 43.0 Å². The summed E-state index contributed by atoms with van der Waals surface area (Å²) in [4.78, 5) is 4.13. The van der Waals surface area contributed by atoms with Gasteiger partial charge in [0.15, 0.2) is 0 Å². The molecule has 0 amide bonds. The summed E-state index contributed by atoms with van der Waals surface area (Å²) in [6.45, 7) is 4.48. The molecule has 0 saturated carbocycles. The summed E-state index contributed by atoms with van der Waals surface area (Å²) in [7, 11) is 0. The maximum absolute atomic E-state index is 4.13. The highest BCUT2D eigenvalue weighted by Crippen LogP contribution is 2.22. The first-order valence-electron chi connectivity index (χ1n) is 7.19. The van der Waals surface area contributed by atoms with Crippen LogP contribution in [0.25, 0.3) is 5.69 Å². The zero-order chi connectivity index (χ0) is 13.5. The predicted molar refractivity (Wildman–Crippen MR) is 80.8 cm³/mol. The summed E-state index contributed by atoms with van der Waals surface area (Å²) in [6.07, 6.45) is 10.5. The maximum atomic E-state index is 4.13. The second-order valence-corrected chi connectivity index (χ2v) is 4.91. The third kappa shape index (κ3) is 3.60. The van der Waals surface area contributed by atoms with Crippen LogP contribution < -0.4 is 5.32 Å². The Morgan fingerprint density at radius 2 is 1.89 bits per heavy atom. The molecular formula is C16H23N3. The molecule has 0 saturated heterocycles. The number of benzene rings is 1. The minimum atomic E-state index is 0.555. The van der Waals surface area contributed by atoms with Gasteiger partial charge in [0, 0.05) is 18.4 Å². The van der Waals surface area contributed by atoms with Crippen molar-refractivity contribution in [3.63, 3.8) is 0 Å². The molecule has 0 radical (unpaired) electrons. The quantitative estimate of drug-likeness (QED) is 0.803. The summed E-state index contributed by atoms with van der Waals surface area (Å²) in [6, 6.07) is 8.97. The standard InChI is InChI=1S/C16H23N3/c1-3-7-14(8-4-2)18-15-9-5-6-10-16(15)19-12-11-17-13-19/h5-6,9-14,18H,3-4,7-8H2,1-2H3. The average molecular weight is 257 g/mol. The molecule has 19 heavy (non-hydrogen) atoms. The Hall–Kier alpha value is -1.77. The molecular weight excluding hydrogens is 234 g/mol. The van der Waals surface area contributed by atoms with E-state index in [-0.39, 0.29) is 0 Å². The Morgan fingerprint density at radius 3 is 2.53 bits per heavy atom. The van der Waals surface area contributed by atoms with Gasteiger partial charge < -0.3 is 9.88 Å².